The van der Waals surface area contributed by atoms with Gasteiger partial charge in [-0.15, -0.1) is 0 Å². The molecule has 8 heteroatoms. The summed E-state index contributed by atoms with van der Waals surface area (Å²) in [6.07, 6.45) is 3.33. The third-order valence-electron chi connectivity index (χ3n) is 4.88. The molecule has 0 unspecified atom stereocenters. The van der Waals surface area contributed by atoms with Gasteiger partial charge >= 0.3 is 0 Å². The smallest absolute Gasteiger partial charge is 0.272 e. The van der Waals surface area contributed by atoms with Crippen LogP contribution in [0.4, 0.5) is 4.39 Å². The maximum atomic E-state index is 13.4. The molecule has 7 nitrogen and oxygen atoms in total. The monoisotopic (exact) mass is 416 g/mol. The van der Waals surface area contributed by atoms with E-state index in [1.807, 2.05) is 30.3 Å². The number of fused-ring (bicyclic) bond motifs is 1. The van der Waals surface area contributed by atoms with Gasteiger partial charge in [-0.25, -0.2) is 9.07 Å². The molecule has 1 aliphatic rings. The zero-order chi connectivity index (χ0) is 21.2. The third kappa shape index (κ3) is 3.83. The summed E-state index contributed by atoms with van der Waals surface area (Å²) >= 11 is 0. The molecule has 0 aliphatic carbocycles. The average Bonchev–Trinajstić information content (AvgIpc) is 3.46. The van der Waals surface area contributed by atoms with Crippen LogP contribution in [0.3, 0.4) is 0 Å². The van der Waals surface area contributed by atoms with E-state index in [2.05, 4.69) is 15.4 Å². The van der Waals surface area contributed by atoms with Crippen LogP contribution in [0, 0.1) is 5.82 Å². The SMILES string of the molecule is O=C(NCc1ccc2c(c1)OCO2)c1cc(-c2ccncc2)n(-c2ccc(F)cc2)n1. The fraction of sp³-hybridized carbons (Fsp3) is 0.0870. The van der Waals surface area contributed by atoms with Crippen molar-refractivity contribution >= 4 is 5.91 Å². The minimum atomic E-state index is -0.344. The summed E-state index contributed by atoms with van der Waals surface area (Å²) in [4.78, 5) is 16.9. The first-order chi connectivity index (χ1) is 15.2. The van der Waals surface area contributed by atoms with Crippen LogP contribution in [0.1, 0.15) is 16.1 Å². The maximum absolute atomic E-state index is 13.4. The Morgan fingerprint density at radius 2 is 1.77 bits per heavy atom. The summed E-state index contributed by atoms with van der Waals surface area (Å²) in [6, 6.07) is 16.8. The van der Waals surface area contributed by atoms with E-state index in [-0.39, 0.29) is 24.2 Å². The highest BCUT2D eigenvalue weighted by molar-refractivity contribution is 5.93. The largest absolute Gasteiger partial charge is 0.454 e. The molecular formula is C23H17FN4O3. The number of carbonyl (C=O) groups excluding carboxylic acids is 1. The molecule has 2 aromatic heterocycles. The Hall–Kier alpha value is -4.20. The van der Waals surface area contributed by atoms with Gasteiger partial charge in [0.1, 0.15) is 5.82 Å². The van der Waals surface area contributed by atoms with E-state index < -0.39 is 0 Å². The van der Waals surface area contributed by atoms with Gasteiger partial charge in [-0.2, -0.15) is 5.10 Å². The second-order valence-electron chi connectivity index (χ2n) is 6.91. The fourth-order valence-electron chi connectivity index (χ4n) is 3.32. The number of ether oxygens (including phenoxy) is 2. The predicted molar refractivity (Wildman–Crippen MR) is 110 cm³/mol. The molecule has 0 atom stereocenters. The van der Waals surface area contributed by atoms with Crippen LogP contribution in [0.5, 0.6) is 11.5 Å². The van der Waals surface area contributed by atoms with Gasteiger partial charge in [0.2, 0.25) is 6.79 Å². The number of rotatable bonds is 5. The first kappa shape index (κ1) is 18.8. The van der Waals surface area contributed by atoms with E-state index in [1.54, 1.807) is 35.3 Å². The summed E-state index contributed by atoms with van der Waals surface area (Å²) in [7, 11) is 0. The predicted octanol–water partition coefficient (Wildman–Crippen LogP) is 3.73. The lowest BCUT2D eigenvalue weighted by Gasteiger charge is -2.07. The number of halogens is 1. The number of amides is 1. The second kappa shape index (κ2) is 7.91. The van der Waals surface area contributed by atoms with Crippen LogP contribution in [-0.2, 0) is 6.54 Å². The van der Waals surface area contributed by atoms with Crippen molar-refractivity contribution in [2.24, 2.45) is 0 Å². The van der Waals surface area contributed by atoms with Crippen LogP contribution >= 0.6 is 0 Å². The van der Waals surface area contributed by atoms with Gasteiger partial charge in [0.15, 0.2) is 17.2 Å². The van der Waals surface area contributed by atoms with Crippen LogP contribution in [-0.4, -0.2) is 27.5 Å². The molecule has 1 amide bonds. The molecule has 0 saturated heterocycles. The zero-order valence-electron chi connectivity index (χ0n) is 16.3. The van der Waals surface area contributed by atoms with E-state index in [0.717, 1.165) is 11.1 Å². The fourth-order valence-corrected chi connectivity index (χ4v) is 3.32. The van der Waals surface area contributed by atoms with Crippen LogP contribution in [0.2, 0.25) is 0 Å². The zero-order valence-corrected chi connectivity index (χ0v) is 16.3. The molecule has 2 aromatic carbocycles. The van der Waals surface area contributed by atoms with Gasteiger partial charge < -0.3 is 14.8 Å². The van der Waals surface area contributed by atoms with Crippen molar-refractivity contribution in [1.82, 2.24) is 20.1 Å². The van der Waals surface area contributed by atoms with E-state index >= 15 is 0 Å². The molecule has 0 saturated carbocycles. The molecule has 5 rings (SSSR count). The minimum Gasteiger partial charge on any atom is -0.454 e. The Morgan fingerprint density at radius 1 is 1.00 bits per heavy atom. The lowest BCUT2D eigenvalue weighted by molar-refractivity contribution is 0.0945. The number of hydrogen-bond acceptors (Lipinski definition) is 5. The van der Waals surface area contributed by atoms with Gasteiger partial charge in [-0.1, -0.05) is 6.07 Å². The summed E-state index contributed by atoms with van der Waals surface area (Å²) in [5.74, 6) is 0.680. The molecule has 4 aromatic rings. The number of hydrogen-bond donors (Lipinski definition) is 1. The lowest BCUT2D eigenvalue weighted by Crippen LogP contribution is -2.23. The van der Waals surface area contributed by atoms with Crippen LogP contribution in [0.15, 0.2) is 73.1 Å². The van der Waals surface area contributed by atoms with Crippen molar-refractivity contribution in [2.45, 2.75) is 6.54 Å². The van der Waals surface area contributed by atoms with Crippen molar-refractivity contribution in [3.8, 4) is 28.4 Å². The summed E-state index contributed by atoms with van der Waals surface area (Å²) in [5.41, 5.74) is 3.30. The van der Waals surface area contributed by atoms with E-state index in [0.29, 0.717) is 29.4 Å². The third-order valence-corrected chi connectivity index (χ3v) is 4.88. The van der Waals surface area contributed by atoms with Gasteiger partial charge in [-0.05, 0) is 60.2 Å². The van der Waals surface area contributed by atoms with Gasteiger partial charge in [-0.3, -0.25) is 9.78 Å². The number of carbonyl (C=O) groups is 1. The maximum Gasteiger partial charge on any atom is 0.272 e. The number of nitrogens with one attached hydrogen (secondary N) is 1. The molecule has 1 aliphatic heterocycles. The van der Waals surface area contributed by atoms with Gasteiger partial charge in [0.05, 0.1) is 11.4 Å². The Morgan fingerprint density at radius 3 is 2.58 bits per heavy atom. The average molecular weight is 416 g/mol. The Balaban J connectivity index is 1.42. The molecule has 31 heavy (non-hydrogen) atoms. The highest BCUT2D eigenvalue weighted by Gasteiger charge is 2.18. The Bertz CT molecular complexity index is 1240. The number of aromatic nitrogens is 3. The number of nitrogens with zero attached hydrogens (tertiary/aromatic N) is 3. The Labute approximate surface area is 177 Å². The molecule has 0 bridgehead atoms. The highest BCUT2D eigenvalue weighted by Crippen LogP contribution is 2.32. The molecule has 0 fully saturated rings. The molecule has 154 valence electrons. The van der Waals surface area contributed by atoms with Gasteiger partial charge in [0.25, 0.3) is 5.91 Å². The van der Waals surface area contributed by atoms with Crippen LogP contribution < -0.4 is 14.8 Å². The number of pyridine rings is 1. The van der Waals surface area contributed by atoms with Gasteiger partial charge in [0, 0.05) is 24.5 Å². The normalized spacial score (nSPS) is 12.0. The number of benzene rings is 2. The Kier molecular flexibility index (Phi) is 4.80. The van der Waals surface area contributed by atoms with Crippen molar-refractivity contribution in [2.75, 3.05) is 6.79 Å². The minimum absolute atomic E-state index is 0.198. The topological polar surface area (TPSA) is 78.3 Å². The van der Waals surface area contributed by atoms with Crippen molar-refractivity contribution in [3.63, 3.8) is 0 Å². The summed E-state index contributed by atoms with van der Waals surface area (Å²) in [5, 5.41) is 7.35. The summed E-state index contributed by atoms with van der Waals surface area (Å²) < 4.78 is 25.7. The first-order valence-corrected chi connectivity index (χ1v) is 9.60. The molecule has 3 heterocycles. The molecular weight excluding hydrogens is 399 g/mol. The highest BCUT2D eigenvalue weighted by atomic mass is 19.1. The van der Waals surface area contributed by atoms with Crippen molar-refractivity contribution in [1.29, 1.82) is 0 Å². The summed E-state index contributed by atoms with van der Waals surface area (Å²) in [6.45, 7) is 0.507. The molecule has 1 N–H and O–H groups in total. The molecule has 0 spiro atoms. The van der Waals surface area contributed by atoms with E-state index in [1.165, 1.54) is 12.1 Å². The van der Waals surface area contributed by atoms with Crippen LogP contribution in [0.25, 0.3) is 16.9 Å². The second-order valence-corrected chi connectivity index (χ2v) is 6.91. The van der Waals surface area contributed by atoms with Crippen molar-refractivity contribution in [3.05, 3.63) is 90.1 Å². The van der Waals surface area contributed by atoms with Crippen molar-refractivity contribution < 1.29 is 18.7 Å². The van der Waals surface area contributed by atoms with E-state index in [9.17, 15) is 9.18 Å². The molecule has 0 radical (unpaired) electrons. The first-order valence-electron chi connectivity index (χ1n) is 9.60. The lowest BCUT2D eigenvalue weighted by atomic mass is 10.1. The van der Waals surface area contributed by atoms with E-state index in [4.69, 9.17) is 9.47 Å². The standard InChI is InChI=1S/C23H17FN4O3/c24-17-2-4-18(5-3-17)28-20(16-7-9-25-10-8-16)12-19(27-28)23(29)26-13-15-1-6-21-22(11-15)31-14-30-21/h1-12H,13-14H2,(H,26,29). The quantitative estimate of drug-likeness (QED) is 0.536.